The molecule has 0 saturated heterocycles. The Bertz CT molecular complexity index is 1460. The Balaban J connectivity index is 1.88. The van der Waals surface area contributed by atoms with Gasteiger partial charge in [-0.15, -0.1) is 0 Å². The number of benzene rings is 3. The summed E-state index contributed by atoms with van der Waals surface area (Å²) in [6.07, 6.45) is 1.75. The molecule has 10 heteroatoms. The van der Waals surface area contributed by atoms with Gasteiger partial charge in [-0.1, -0.05) is 85.6 Å². The SMILES string of the molecule is COc1ccc(N(CCCC(=O)N(Cc2ccc(C)cc2)[C@@H](Cc2ccccc2)C(=O)NCC(C)C)S(C)(=O)=O)cc1Cl. The smallest absolute Gasteiger partial charge is 0.243 e. The van der Waals surface area contributed by atoms with Gasteiger partial charge in [0.1, 0.15) is 11.8 Å². The lowest BCUT2D eigenvalue weighted by atomic mass is 10.0. The van der Waals surface area contributed by atoms with Gasteiger partial charge in [-0.25, -0.2) is 8.42 Å². The zero-order valence-electron chi connectivity index (χ0n) is 25.5. The van der Waals surface area contributed by atoms with E-state index in [1.165, 1.54) is 17.5 Å². The molecule has 0 heterocycles. The molecule has 43 heavy (non-hydrogen) atoms. The number of hydrogen-bond donors (Lipinski definition) is 1. The van der Waals surface area contributed by atoms with E-state index < -0.39 is 16.1 Å². The summed E-state index contributed by atoms with van der Waals surface area (Å²) >= 11 is 6.27. The number of carbonyl (C=O) groups is 2. The fourth-order valence-electron chi connectivity index (χ4n) is 4.68. The van der Waals surface area contributed by atoms with Gasteiger partial charge in [0.25, 0.3) is 0 Å². The summed E-state index contributed by atoms with van der Waals surface area (Å²) in [4.78, 5) is 29.2. The van der Waals surface area contributed by atoms with Crippen molar-refractivity contribution in [3.8, 4) is 5.75 Å². The molecule has 0 aromatic heterocycles. The first-order valence-corrected chi connectivity index (χ1v) is 16.6. The highest BCUT2D eigenvalue weighted by atomic mass is 35.5. The highest BCUT2D eigenvalue weighted by Crippen LogP contribution is 2.30. The molecule has 8 nitrogen and oxygen atoms in total. The highest BCUT2D eigenvalue weighted by Gasteiger charge is 2.30. The molecule has 0 aliphatic rings. The number of amides is 2. The quantitative estimate of drug-likeness (QED) is 0.236. The molecule has 0 aliphatic heterocycles. The Morgan fingerprint density at radius 3 is 2.23 bits per heavy atom. The second kappa shape index (κ2) is 15.8. The van der Waals surface area contributed by atoms with E-state index in [0.29, 0.717) is 24.4 Å². The van der Waals surface area contributed by atoms with Gasteiger partial charge in [-0.3, -0.25) is 13.9 Å². The van der Waals surface area contributed by atoms with Gasteiger partial charge in [0.15, 0.2) is 0 Å². The number of nitrogens with zero attached hydrogens (tertiary/aromatic N) is 2. The molecule has 0 aliphatic carbocycles. The minimum Gasteiger partial charge on any atom is -0.495 e. The van der Waals surface area contributed by atoms with Crippen LogP contribution in [0, 0.1) is 12.8 Å². The molecule has 0 bridgehead atoms. The van der Waals surface area contributed by atoms with E-state index >= 15 is 0 Å². The number of ether oxygens (including phenoxy) is 1. The third-order valence-corrected chi connectivity index (χ3v) is 8.49. The predicted octanol–water partition coefficient (Wildman–Crippen LogP) is 5.62. The Labute approximate surface area is 261 Å². The van der Waals surface area contributed by atoms with Crippen LogP contribution in [-0.2, 0) is 32.6 Å². The normalized spacial score (nSPS) is 12.1. The van der Waals surface area contributed by atoms with Crippen LogP contribution in [0.2, 0.25) is 5.02 Å². The molecule has 3 aromatic carbocycles. The molecule has 0 spiro atoms. The zero-order valence-corrected chi connectivity index (χ0v) is 27.1. The first-order valence-electron chi connectivity index (χ1n) is 14.4. The van der Waals surface area contributed by atoms with Gasteiger partial charge in [-0.2, -0.15) is 0 Å². The third-order valence-electron chi connectivity index (χ3n) is 7.00. The fraction of sp³-hybridized carbons (Fsp3) is 0.394. The first-order chi connectivity index (χ1) is 20.4. The molecular formula is C33H42ClN3O5S. The Morgan fingerprint density at radius 1 is 0.977 bits per heavy atom. The third kappa shape index (κ3) is 10.3. The molecule has 2 amide bonds. The summed E-state index contributed by atoms with van der Waals surface area (Å²) in [5.74, 6) is 0.225. The van der Waals surface area contributed by atoms with Crippen molar-refractivity contribution in [1.29, 1.82) is 0 Å². The lowest BCUT2D eigenvalue weighted by Gasteiger charge is -2.32. The number of anilines is 1. The molecule has 0 saturated carbocycles. The van der Waals surface area contributed by atoms with Crippen molar-refractivity contribution >= 4 is 39.1 Å². The van der Waals surface area contributed by atoms with E-state index in [-0.39, 0.29) is 48.7 Å². The highest BCUT2D eigenvalue weighted by molar-refractivity contribution is 7.92. The number of sulfonamides is 1. The second-order valence-electron chi connectivity index (χ2n) is 11.1. The van der Waals surface area contributed by atoms with Crippen LogP contribution in [0.3, 0.4) is 0 Å². The van der Waals surface area contributed by atoms with Crippen LogP contribution >= 0.6 is 11.6 Å². The molecular weight excluding hydrogens is 586 g/mol. The van der Waals surface area contributed by atoms with Crippen LogP contribution < -0.4 is 14.4 Å². The number of aryl methyl sites for hydroxylation is 1. The summed E-state index contributed by atoms with van der Waals surface area (Å²) < 4.78 is 31.8. The van der Waals surface area contributed by atoms with Crippen molar-refractivity contribution in [2.75, 3.05) is 30.8 Å². The number of carbonyl (C=O) groups excluding carboxylic acids is 2. The van der Waals surface area contributed by atoms with E-state index in [9.17, 15) is 18.0 Å². The van der Waals surface area contributed by atoms with Crippen LogP contribution in [-0.4, -0.2) is 57.6 Å². The fourth-order valence-corrected chi connectivity index (χ4v) is 5.89. The van der Waals surface area contributed by atoms with Crippen molar-refractivity contribution in [3.63, 3.8) is 0 Å². The lowest BCUT2D eigenvalue weighted by molar-refractivity contribution is -0.141. The molecule has 0 fully saturated rings. The van der Waals surface area contributed by atoms with Gasteiger partial charge in [-0.05, 0) is 48.6 Å². The Morgan fingerprint density at radius 2 is 1.65 bits per heavy atom. The summed E-state index contributed by atoms with van der Waals surface area (Å²) in [5.41, 5.74) is 3.32. The molecule has 3 rings (SSSR count). The van der Waals surface area contributed by atoms with Crippen LogP contribution in [0.4, 0.5) is 5.69 Å². The monoisotopic (exact) mass is 627 g/mol. The summed E-state index contributed by atoms with van der Waals surface area (Å²) in [6.45, 7) is 6.83. The van der Waals surface area contributed by atoms with Crippen molar-refractivity contribution < 1.29 is 22.7 Å². The molecule has 0 unspecified atom stereocenters. The number of rotatable bonds is 15. The molecule has 232 valence electrons. The average Bonchev–Trinajstić information content (AvgIpc) is 2.96. The number of methoxy groups -OCH3 is 1. The summed E-state index contributed by atoms with van der Waals surface area (Å²) in [5, 5.41) is 3.30. The average molecular weight is 628 g/mol. The second-order valence-corrected chi connectivity index (χ2v) is 13.4. The van der Waals surface area contributed by atoms with Gasteiger partial charge in [0, 0.05) is 32.5 Å². The maximum absolute atomic E-state index is 13.9. The van der Waals surface area contributed by atoms with Gasteiger partial charge in [0.05, 0.1) is 24.1 Å². The summed E-state index contributed by atoms with van der Waals surface area (Å²) in [7, 11) is -2.18. The standard InChI is InChI=1S/C33H42ClN3O5S/c1-24(2)22-35-33(39)30(20-26-10-7-6-8-11-26)36(23-27-15-13-25(3)14-16-27)32(38)12-9-19-37(43(5,40)41)28-17-18-31(42-4)29(34)21-28/h6-8,10-11,13-18,21,24,30H,9,12,19-20,22-23H2,1-5H3,(H,35,39)/t30-/m0/s1. The number of nitrogens with one attached hydrogen (secondary N) is 1. The van der Waals surface area contributed by atoms with E-state index in [1.807, 2.05) is 75.4 Å². The van der Waals surface area contributed by atoms with Gasteiger partial charge >= 0.3 is 0 Å². The lowest BCUT2D eigenvalue weighted by Crippen LogP contribution is -2.51. The molecule has 3 aromatic rings. The van der Waals surface area contributed by atoms with Crippen molar-refractivity contribution in [3.05, 3.63) is 94.5 Å². The predicted molar refractivity (Wildman–Crippen MR) is 173 cm³/mol. The van der Waals surface area contributed by atoms with E-state index in [0.717, 1.165) is 22.9 Å². The van der Waals surface area contributed by atoms with Crippen molar-refractivity contribution in [2.24, 2.45) is 5.92 Å². The molecule has 0 radical (unpaired) electrons. The Hall–Kier alpha value is -3.56. The van der Waals surface area contributed by atoms with Gasteiger partial charge < -0.3 is 15.0 Å². The van der Waals surface area contributed by atoms with E-state index in [1.54, 1.807) is 17.0 Å². The van der Waals surface area contributed by atoms with E-state index in [2.05, 4.69) is 5.32 Å². The Kier molecular flexibility index (Phi) is 12.5. The molecule has 1 atom stereocenters. The van der Waals surface area contributed by atoms with Crippen molar-refractivity contribution in [2.45, 2.75) is 52.6 Å². The van der Waals surface area contributed by atoms with Crippen molar-refractivity contribution in [1.82, 2.24) is 10.2 Å². The van der Waals surface area contributed by atoms with Gasteiger partial charge in [0.2, 0.25) is 21.8 Å². The van der Waals surface area contributed by atoms with Crippen LogP contribution in [0.25, 0.3) is 0 Å². The number of hydrogen-bond acceptors (Lipinski definition) is 5. The maximum atomic E-state index is 13.9. The first kappa shape index (κ1) is 33.9. The largest absolute Gasteiger partial charge is 0.495 e. The van der Waals surface area contributed by atoms with Crippen LogP contribution in [0.5, 0.6) is 5.75 Å². The summed E-state index contributed by atoms with van der Waals surface area (Å²) in [6, 6.07) is 21.5. The zero-order chi connectivity index (χ0) is 31.6. The topological polar surface area (TPSA) is 96.0 Å². The number of halogens is 1. The van der Waals surface area contributed by atoms with Crippen LogP contribution in [0.15, 0.2) is 72.8 Å². The molecule has 1 N–H and O–H groups in total. The maximum Gasteiger partial charge on any atom is 0.243 e. The minimum absolute atomic E-state index is 0.0461. The minimum atomic E-state index is -3.67. The van der Waals surface area contributed by atoms with E-state index in [4.69, 9.17) is 16.3 Å². The van der Waals surface area contributed by atoms with Crippen LogP contribution in [0.1, 0.15) is 43.4 Å².